The number of aromatic nitrogens is 2. The van der Waals surface area contributed by atoms with Crippen LogP contribution in [0.1, 0.15) is 16.1 Å². The molecule has 0 unspecified atom stereocenters. The highest BCUT2D eigenvalue weighted by Gasteiger charge is 2.27. The number of benzene rings is 2. The molecule has 29 heavy (non-hydrogen) atoms. The second kappa shape index (κ2) is 8.51. The summed E-state index contributed by atoms with van der Waals surface area (Å²) in [6.45, 7) is -0.0333. The van der Waals surface area contributed by atoms with E-state index in [0.717, 1.165) is 0 Å². The first kappa shape index (κ1) is 20.0. The molecule has 0 aliphatic rings. The topological polar surface area (TPSA) is 101 Å². The van der Waals surface area contributed by atoms with Crippen molar-refractivity contribution in [3.63, 3.8) is 0 Å². The number of carbonyl (C=O) groups is 1. The van der Waals surface area contributed by atoms with Crippen molar-refractivity contribution < 1.29 is 33.3 Å². The van der Waals surface area contributed by atoms with Crippen LogP contribution < -0.4 is 24.0 Å². The molecule has 1 amide bonds. The van der Waals surface area contributed by atoms with Crippen LogP contribution in [0.3, 0.4) is 0 Å². The van der Waals surface area contributed by atoms with Crippen molar-refractivity contribution in [2.75, 3.05) is 28.4 Å². The quantitative estimate of drug-likeness (QED) is 0.552. The van der Waals surface area contributed by atoms with E-state index in [2.05, 4.69) is 5.27 Å². The number of hydrogen-bond acceptors (Lipinski definition) is 7. The van der Waals surface area contributed by atoms with E-state index in [9.17, 15) is 9.90 Å². The molecule has 0 saturated carbocycles. The molecular formula is C20H21N3O6. The van der Waals surface area contributed by atoms with E-state index in [4.69, 9.17) is 18.7 Å². The van der Waals surface area contributed by atoms with Gasteiger partial charge in [-0.3, -0.25) is 4.79 Å². The second-order valence-electron chi connectivity index (χ2n) is 6.12. The van der Waals surface area contributed by atoms with Gasteiger partial charge < -0.3 is 28.7 Å². The highest BCUT2D eigenvalue weighted by molar-refractivity contribution is 5.99. The van der Waals surface area contributed by atoms with Crippen molar-refractivity contribution in [3.05, 3.63) is 53.7 Å². The standard InChI is InChI=1S/C20H21N3O6/c1-22(19(24)18-16(27-3)6-5-7-17(18)28-4)12-15-20(25)29-21-23(15)13-8-10-14(26-2)11-9-13/h5-11H,12H2,1-4H3. The van der Waals surface area contributed by atoms with E-state index in [0.29, 0.717) is 22.9 Å². The van der Waals surface area contributed by atoms with Crippen molar-refractivity contribution in [3.8, 4) is 28.9 Å². The number of methoxy groups -OCH3 is 3. The average molecular weight is 399 g/mol. The lowest BCUT2D eigenvalue weighted by atomic mass is 10.1. The smallest absolute Gasteiger partial charge is 0.261 e. The monoisotopic (exact) mass is 399 g/mol. The zero-order valence-corrected chi connectivity index (χ0v) is 16.5. The van der Waals surface area contributed by atoms with Gasteiger partial charge in [0, 0.05) is 19.2 Å². The number of ether oxygens (including phenoxy) is 3. The van der Waals surface area contributed by atoms with Gasteiger partial charge >= 0.3 is 0 Å². The lowest BCUT2D eigenvalue weighted by Gasteiger charge is -2.19. The molecule has 0 atom stereocenters. The third-order valence-electron chi connectivity index (χ3n) is 4.39. The summed E-state index contributed by atoms with van der Waals surface area (Å²) in [7, 11) is 6.07. The minimum Gasteiger partial charge on any atom is -0.539 e. The predicted octanol–water partition coefficient (Wildman–Crippen LogP) is 1.32. The Balaban J connectivity index is 1.91. The molecule has 0 aliphatic carbocycles. The van der Waals surface area contributed by atoms with Gasteiger partial charge in [-0.1, -0.05) is 6.07 Å². The molecule has 152 valence electrons. The third kappa shape index (κ3) is 3.93. The van der Waals surface area contributed by atoms with Crippen molar-refractivity contribution in [2.45, 2.75) is 6.54 Å². The molecule has 0 aliphatic heterocycles. The van der Waals surface area contributed by atoms with Gasteiger partial charge in [0.1, 0.15) is 29.4 Å². The zero-order valence-electron chi connectivity index (χ0n) is 16.5. The molecule has 3 aromatic rings. The first-order valence-electron chi connectivity index (χ1n) is 8.69. The van der Waals surface area contributed by atoms with E-state index in [-0.39, 0.29) is 23.7 Å². The maximum Gasteiger partial charge on any atom is 0.261 e. The Morgan fingerprint density at radius 3 is 2.24 bits per heavy atom. The SMILES string of the molecule is COc1ccc(-[n+]2noc([O-])c2CN(C)C(=O)c2c(OC)cccc2OC)cc1. The summed E-state index contributed by atoms with van der Waals surface area (Å²) >= 11 is 0. The van der Waals surface area contributed by atoms with Crippen LogP contribution in [0.5, 0.6) is 23.2 Å². The maximum absolute atomic E-state index is 13.1. The molecule has 1 aromatic heterocycles. The molecule has 9 nitrogen and oxygen atoms in total. The normalized spacial score (nSPS) is 10.5. The van der Waals surface area contributed by atoms with E-state index < -0.39 is 5.95 Å². The first-order valence-corrected chi connectivity index (χ1v) is 8.69. The highest BCUT2D eigenvalue weighted by atomic mass is 16.6. The summed E-state index contributed by atoms with van der Waals surface area (Å²) in [5.41, 5.74) is 1.06. The van der Waals surface area contributed by atoms with E-state index >= 15 is 0 Å². The van der Waals surface area contributed by atoms with Gasteiger partial charge in [-0.2, -0.15) is 0 Å². The number of hydrogen-bond donors (Lipinski definition) is 0. The molecule has 9 heteroatoms. The summed E-state index contributed by atoms with van der Waals surface area (Å²) < 4.78 is 21.9. The Bertz CT molecular complexity index is 978. The largest absolute Gasteiger partial charge is 0.539 e. The molecule has 1 heterocycles. The molecule has 0 fully saturated rings. The molecule has 3 rings (SSSR count). The van der Waals surface area contributed by atoms with Crippen LogP contribution >= 0.6 is 0 Å². The fourth-order valence-electron chi connectivity index (χ4n) is 2.87. The Labute approximate surface area is 167 Å². The van der Waals surface area contributed by atoms with Crippen LogP contribution in [0.15, 0.2) is 47.0 Å². The number of carbonyl (C=O) groups excluding carboxylic acids is 1. The highest BCUT2D eigenvalue weighted by Crippen LogP contribution is 2.29. The van der Waals surface area contributed by atoms with Gasteiger partial charge in [0.2, 0.25) is 5.69 Å². The van der Waals surface area contributed by atoms with Crippen LogP contribution in [0.4, 0.5) is 0 Å². The second-order valence-corrected chi connectivity index (χ2v) is 6.12. The van der Waals surface area contributed by atoms with Crippen molar-refractivity contribution >= 4 is 5.91 Å². The molecule has 0 bridgehead atoms. The van der Waals surface area contributed by atoms with Crippen LogP contribution in [0.25, 0.3) is 5.69 Å². The van der Waals surface area contributed by atoms with Crippen LogP contribution in [-0.2, 0) is 6.54 Å². The van der Waals surface area contributed by atoms with Crippen LogP contribution in [0.2, 0.25) is 0 Å². The number of rotatable bonds is 7. The Morgan fingerprint density at radius 2 is 1.69 bits per heavy atom. The minimum atomic E-state index is -0.632. The summed E-state index contributed by atoms with van der Waals surface area (Å²) in [6.07, 6.45) is 0. The summed E-state index contributed by atoms with van der Waals surface area (Å²) in [4.78, 5) is 14.4. The Morgan fingerprint density at radius 1 is 1.07 bits per heavy atom. The van der Waals surface area contributed by atoms with E-state index in [1.807, 2.05) is 0 Å². The van der Waals surface area contributed by atoms with Gasteiger partial charge in [-0.25, -0.2) is 0 Å². The van der Waals surface area contributed by atoms with Gasteiger partial charge in [0.15, 0.2) is 5.95 Å². The lowest BCUT2D eigenvalue weighted by Crippen LogP contribution is -2.40. The van der Waals surface area contributed by atoms with Crippen molar-refractivity contribution in [2.24, 2.45) is 0 Å². The number of nitrogens with zero attached hydrogens (tertiary/aromatic N) is 3. The predicted molar refractivity (Wildman–Crippen MR) is 99.4 cm³/mol. The van der Waals surface area contributed by atoms with Gasteiger partial charge in [0.05, 0.1) is 26.6 Å². The van der Waals surface area contributed by atoms with E-state index in [1.165, 1.54) is 23.8 Å². The Kier molecular flexibility index (Phi) is 5.87. The van der Waals surface area contributed by atoms with Crippen LogP contribution in [-0.4, -0.2) is 44.5 Å². The summed E-state index contributed by atoms with van der Waals surface area (Å²) in [5, 5.41) is 16.0. The molecule has 0 saturated heterocycles. The lowest BCUT2D eigenvalue weighted by molar-refractivity contribution is -0.678. The summed E-state index contributed by atoms with van der Waals surface area (Å²) in [6, 6.07) is 12.0. The third-order valence-corrected chi connectivity index (χ3v) is 4.39. The molecule has 0 N–H and O–H groups in total. The number of amides is 1. The van der Waals surface area contributed by atoms with Gasteiger partial charge in [-0.15, -0.1) is 0 Å². The molecule has 2 aromatic carbocycles. The minimum absolute atomic E-state index is 0.0333. The molecular weight excluding hydrogens is 378 g/mol. The zero-order chi connectivity index (χ0) is 21.0. The van der Waals surface area contributed by atoms with Gasteiger partial charge in [0.25, 0.3) is 11.6 Å². The van der Waals surface area contributed by atoms with Crippen molar-refractivity contribution in [1.29, 1.82) is 0 Å². The fourth-order valence-corrected chi connectivity index (χ4v) is 2.87. The van der Waals surface area contributed by atoms with Crippen molar-refractivity contribution in [1.82, 2.24) is 10.2 Å². The molecule has 0 spiro atoms. The fraction of sp³-hybridized carbons (Fsp3) is 0.250. The Hall–Kier alpha value is -3.75. The first-order chi connectivity index (χ1) is 14.0. The van der Waals surface area contributed by atoms with E-state index in [1.54, 1.807) is 56.6 Å². The maximum atomic E-state index is 13.1. The van der Waals surface area contributed by atoms with Gasteiger partial charge in [-0.05, 0) is 28.9 Å². The molecule has 0 radical (unpaired) electrons. The average Bonchev–Trinajstić information content (AvgIpc) is 3.12. The van der Waals surface area contributed by atoms with Crippen LogP contribution in [0, 0.1) is 0 Å². The summed E-state index contributed by atoms with van der Waals surface area (Å²) in [5.74, 6) is 0.403.